The van der Waals surface area contributed by atoms with E-state index in [1.165, 1.54) is 45.6 Å². The van der Waals surface area contributed by atoms with Gasteiger partial charge in [0.2, 0.25) is 5.91 Å². The van der Waals surface area contributed by atoms with Crippen molar-refractivity contribution in [1.29, 1.82) is 0 Å². The minimum absolute atomic E-state index is 0.173. The topological polar surface area (TPSA) is 92.3 Å². The first-order valence-corrected chi connectivity index (χ1v) is 13.2. The molecule has 1 aliphatic heterocycles. The first kappa shape index (κ1) is 21.8. The van der Waals surface area contributed by atoms with Crippen molar-refractivity contribution >= 4 is 33.1 Å². The highest BCUT2D eigenvalue weighted by Gasteiger charge is 2.47. The Morgan fingerprint density at radius 2 is 2.18 bits per heavy atom. The Morgan fingerprint density at radius 1 is 1.35 bits per heavy atom. The lowest BCUT2D eigenvalue weighted by Crippen LogP contribution is -2.59. The molecule has 1 aliphatic carbocycles. The summed E-state index contributed by atoms with van der Waals surface area (Å²) in [6, 6.07) is 4.60. The van der Waals surface area contributed by atoms with Crippen LogP contribution in [0.2, 0.25) is 0 Å². The molecule has 1 atom stereocenters. The van der Waals surface area contributed by atoms with Crippen LogP contribution in [0.1, 0.15) is 73.8 Å². The predicted molar refractivity (Wildman–Crippen MR) is 136 cm³/mol. The van der Waals surface area contributed by atoms with E-state index in [1.807, 2.05) is 15.9 Å². The van der Waals surface area contributed by atoms with Crippen LogP contribution in [0.3, 0.4) is 0 Å². The number of nitrogens with two attached hydrogens (primary N) is 1. The van der Waals surface area contributed by atoms with Gasteiger partial charge < -0.3 is 10.7 Å². The lowest BCUT2D eigenvalue weighted by Gasteiger charge is -2.55. The second-order valence-electron chi connectivity index (χ2n) is 10.6. The van der Waals surface area contributed by atoms with Gasteiger partial charge in [0.25, 0.3) is 0 Å². The summed E-state index contributed by atoms with van der Waals surface area (Å²) in [6.07, 6.45) is 9.53. The Morgan fingerprint density at radius 3 is 2.88 bits per heavy atom. The molecule has 4 aromatic rings. The van der Waals surface area contributed by atoms with Gasteiger partial charge in [0.05, 0.1) is 22.5 Å². The first-order valence-electron chi connectivity index (χ1n) is 12.3. The van der Waals surface area contributed by atoms with Crippen molar-refractivity contribution < 1.29 is 4.79 Å². The minimum Gasteiger partial charge on any atom is -0.369 e. The maximum atomic E-state index is 11.6. The lowest BCUT2D eigenvalue weighted by atomic mass is 9.67. The van der Waals surface area contributed by atoms with Gasteiger partial charge >= 0.3 is 0 Å². The van der Waals surface area contributed by atoms with Crippen molar-refractivity contribution in [3.05, 3.63) is 40.7 Å². The molecule has 7 nitrogen and oxygen atoms in total. The number of carbonyl (C=O) groups is 1. The number of aryl methyl sites for hydroxylation is 1. The van der Waals surface area contributed by atoms with Crippen molar-refractivity contribution in [2.24, 2.45) is 5.73 Å². The largest absolute Gasteiger partial charge is 0.369 e. The number of piperidine rings is 1. The van der Waals surface area contributed by atoms with Gasteiger partial charge in [-0.05, 0) is 80.7 Å². The monoisotopic (exact) mass is 476 g/mol. The molecule has 6 rings (SSSR count). The summed E-state index contributed by atoms with van der Waals surface area (Å²) in [5, 5.41) is 4.37. The third-order valence-electron chi connectivity index (χ3n) is 8.03. The van der Waals surface area contributed by atoms with Crippen molar-refractivity contribution in [3.8, 4) is 11.3 Å². The average molecular weight is 477 g/mol. The number of hydrogen-bond donors (Lipinski definition) is 2. The Labute approximate surface area is 203 Å². The summed E-state index contributed by atoms with van der Waals surface area (Å²) in [7, 11) is 0. The van der Waals surface area contributed by atoms with E-state index in [1.54, 1.807) is 6.33 Å². The molecule has 178 valence electrons. The molecular formula is C26H32N6OS. The summed E-state index contributed by atoms with van der Waals surface area (Å²) in [5.41, 5.74) is 12.7. The Kier molecular flexibility index (Phi) is 5.08. The molecule has 34 heavy (non-hydrogen) atoms. The summed E-state index contributed by atoms with van der Waals surface area (Å²) in [4.78, 5) is 23.6. The fraction of sp³-hybridized carbons (Fsp3) is 0.500. The smallest absolute Gasteiger partial charge is 0.231 e. The molecular weight excluding hydrogens is 444 g/mol. The molecule has 1 amide bonds. The van der Waals surface area contributed by atoms with E-state index in [9.17, 15) is 4.79 Å². The molecule has 0 bridgehead atoms. The molecule has 8 heteroatoms. The SMILES string of the molecule is Cc1cc(-c2[nH]c3cc(C4CCN(CC(N)=O)C5(CCC5)C4)sc3c2C(C)C)cn2ncnc12. The standard InChI is InChI=1S/C26H32N6OS/c1-15(2)22-23(18-9-16(3)25-28-14-29-32(25)12-18)30-19-10-20(34-24(19)22)17-5-8-31(13-21(27)33)26(11-17)6-4-7-26/h9-10,12,14-15,17,30H,4-8,11,13H2,1-3H3,(H2,27,33). The van der Waals surface area contributed by atoms with Gasteiger partial charge in [-0.15, -0.1) is 11.3 Å². The molecule has 5 heterocycles. The third kappa shape index (κ3) is 3.38. The Balaban J connectivity index is 1.36. The van der Waals surface area contributed by atoms with Crippen LogP contribution in [-0.2, 0) is 4.79 Å². The molecule has 2 fully saturated rings. The molecule has 1 spiro atoms. The summed E-state index contributed by atoms with van der Waals surface area (Å²) in [5.74, 6) is 0.743. The quantitative estimate of drug-likeness (QED) is 0.426. The van der Waals surface area contributed by atoms with Crippen LogP contribution in [0.25, 0.3) is 27.1 Å². The van der Waals surface area contributed by atoms with Crippen LogP contribution in [0.15, 0.2) is 24.7 Å². The number of pyridine rings is 1. The third-order valence-corrected chi connectivity index (χ3v) is 9.36. The van der Waals surface area contributed by atoms with Crippen LogP contribution in [0.5, 0.6) is 0 Å². The maximum absolute atomic E-state index is 11.6. The molecule has 2 aliphatic rings. The number of hydrogen-bond acceptors (Lipinski definition) is 5. The number of rotatable bonds is 5. The number of aromatic amines is 1. The predicted octanol–water partition coefficient (Wildman–Crippen LogP) is 4.96. The van der Waals surface area contributed by atoms with Gasteiger partial charge in [0.1, 0.15) is 6.33 Å². The summed E-state index contributed by atoms with van der Waals surface area (Å²) >= 11 is 1.96. The van der Waals surface area contributed by atoms with E-state index in [0.29, 0.717) is 18.4 Å². The molecule has 0 aromatic carbocycles. The molecule has 4 aromatic heterocycles. The Bertz CT molecular complexity index is 1390. The van der Waals surface area contributed by atoms with Crippen molar-refractivity contribution in [2.45, 2.75) is 70.3 Å². The van der Waals surface area contributed by atoms with Crippen LogP contribution in [0, 0.1) is 6.92 Å². The van der Waals surface area contributed by atoms with Crippen LogP contribution < -0.4 is 5.73 Å². The number of nitrogens with zero attached hydrogens (tertiary/aromatic N) is 4. The molecule has 0 radical (unpaired) electrons. The average Bonchev–Trinajstić information content (AvgIpc) is 3.46. The summed E-state index contributed by atoms with van der Waals surface area (Å²) in [6.45, 7) is 8.00. The Hall–Kier alpha value is -2.71. The molecule has 1 saturated carbocycles. The number of thiophene rings is 1. The molecule has 3 N–H and O–H groups in total. The van der Waals surface area contributed by atoms with Crippen LogP contribution in [0.4, 0.5) is 0 Å². The van der Waals surface area contributed by atoms with Gasteiger partial charge in [0.15, 0.2) is 5.65 Å². The number of H-pyrrole nitrogens is 1. The van der Waals surface area contributed by atoms with E-state index in [4.69, 9.17) is 5.73 Å². The van der Waals surface area contributed by atoms with Crippen molar-refractivity contribution in [2.75, 3.05) is 13.1 Å². The number of nitrogens with one attached hydrogen (secondary N) is 1. The highest BCUT2D eigenvalue weighted by Crippen LogP contribution is 2.51. The van der Waals surface area contributed by atoms with Crippen LogP contribution in [-0.4, -0.2) is 49.0 Å². The van der Waals surface area contributed by atoms with Gasteiger partial charge in [0, 0.05) is 22.2 Å². The fourth-order valence-electron chi connectivity index (χ4n) is 6.25. The van der Waals surface area contributed by atoms with Crippen molar-refractivity contribution in [3.63, 3.8) is 0 Å². The lowest BCUT2D eigenvalue weighted by molar-refractivity contribution is -0.123. The number of carbonyl (C=O) groups excluding carboxylic acids is 1. The number of primary amides is 1. The van der Waals surface area contributed by atoms with Gasteiger partial charge in [-0.25, -0.2) is 9.50 Å². The fourth-order valence-corrected chi connectivity index (χ4v) is 7.70. The first-order chi connectivity index (χ1) is 16.3. The highest BCUT2D eigenvalue weighted by molar-refractivity contribution is 7.19. The van der Waals surface area contributed by atoms with Gasteiger partial charge in [-0.1, -0.05) is 13.8 Å². The molecule has 1 unspecified atom stereocenters. The summed E-state index contributed by atoms with van der Waals surface area (Å²) < 4.78 is 3.24. The number of aromatic nitrogens is 4. The van der Waals surface area contributed by atoms with Crippen LogP contribution >= 0.6 is 11.3 Å². The second kappa shape index (κ2) is 7.92. The van der Waals surface area contributed by atoms with E-state index in [-0.39, 0.29) is 11.4 Å². The number of fused-ring (bicyclic) bond motifs is 2. The van der Waals surface area contributed by atoms with Crippen molar-refractivity contribution in [1.82, 2.24) is 24.5 Å². The molecule has 1 saturated heterocycles. The normalized spacial score (nSPS) is 20.5. The van der Waals surface area contributed by atoms with E-state index >= 15 is 0 Å². The maximum Gasteiger partial charge on any atom is 0.231 e. The number of amides is 1. The zero-order valence-electron chi connectivity index (χ0n) is 20.1. The van der Waals surface area contributed by atoms with E-state index in [0.717, 1.165) is 36.2 Å². The zero-order valence-corrected chi connectivity index (χ0v) is 20.9. The van der Waals surface area contributed by atoms with Gasteiger partial charge in [-0.2, -0.15) is 5.10 Å². The number of likely N-dealkylation sites (tertiary alicyclic amines) is 1. The zero-order chi connectivity index (χ0) is 23.6. The van der Waals surface area contributed by atoms with Gasteiger partial charge in [-0.3, -0.25) is 9.69 Å². The van der Waals surface area contributed by atoms with E-state index in [2.05, 4.69) is 59.1 Å². The highest BCUT2D eigenvalue weighted by atomic mass is 32.1. The minimum atomic E-state index is -0.206. The second-order valence-corrected chi connectivity index (χ2v) is 11.6. The van der Waals surface area contributed by atoms with E-state index < -0.39 is 0 Å².